The first-order valence-electron chi connectivity index (χ1n) is 8.00. The first kappa shape index (κ1) is 20.2. The van der Waals surface area contributed by atoms with Gasteiger partial charge in [0.15, 0.2) is 6.61 Å². The molecule has 0 aliphatic heterocycles. The van der Waals surface area contributed by atoms with Crippen LogP contribution in [-0.4, -0.2) is 34.0 Å². The van der Waals surface area contributed by atoms with Gasteiger partial charge in [-0.1, -0.05) is 29.8 Å². The Morgan fingerprint density at radius 2 is 1.69 bits per heavy atom. The minimum Gasteiger partial charge on any atom is -0.484 e. The normalized spacial score (nSPS) is 11.2. The summed E-state index contributed by atoms with van der Waals surface area (Å²) < 4.78 is 31.9. The highest BCUT2D eigenvalue weighted by molar-refractivity contribution is 7.89. The second-order valence-corrected chi connectivity index (χ2v) is 7.87. The summed E-state index contributed by atoms with van der Waals surface area (Å²) in [6.45, 7) is 3.81. The fourth-order valence-electron chi connectivity index (χ4n) is 2.26. The smallest absolute Gasteiger partial charge is 0.257 e. The summed E-state index contributed by atoms with van der Waals surface area (Å²) in [6.07, 6.45) is 0. The Balaban J connectivity index is 1.74. The minimum atomic E-state index is -3.57. The van der Waals surface area contributed by atoms with Crippen molar-refractivity contribution in [3.8, 4) is 5.75 Å². The summed E-state index contributed by atoms with van der Waals surface area (Å²) in [7, 11) is -3.57. The Hall–Kier alpha value is -2.09. The van der Waals surface area contributed by atoms with Gasteiger partial charge in [-0.25, -0.2) is 13.1 Å². The van der Waals surface area contributed by atoms with Crippen molar-refractivity contribution in [2.45, 2.75) is 18.7 Å². The Kier molecular flexibility index (Phi) is 7.02. The second kappa shape index (κ2) is 9.02. The third-order valence-electron chi connectivity index (χ3n) is 3.57. The number of halogens is 1. The average molecular weight is 397 g/mol. The lowest BCUT2D eigenvalue weighted by Gasteiger charge is -2.11. The van der Waals surface area contributed by atoms with Crippen LogP contribution in [-0.2, 0) is 14.8 Å². The zero-order chi connectivity index (χ0) is 19.2. The Morgan fingerprint density at radius 3 is 2.31 bits per heavy atom. The van der Waals surface area contributed by atoms with Gasteiger partial charge in [0.25, 0.3) is 5.91 Å². The molecule has 0 saturated heterocycles. The van der Waals surface area contributed by atoms with Gasteiger partial charge in [0, 0.05) is 18.1 Å². The number of rotatable bonds is 8. The molecule has 0 aliphatic carbocycles. The fourth-order valence-corrected chi connectivity index (χ4v) is 3.42. The molecule has 2 N–H and O–H groups in total. The van der Waals surface area contributed by atoms with Crippen LogP contribution in [0, 0.1) is 13.8 Å². The number of aryl methyl sites for hydroxylation is 2. The van der Waals surface area contributed by atoms with Crippen molar-refractivity contribution in [1.29, 1.82) is 0 Å². The third-order valence-corrected chi connectivity index (χ3v) is 5.65. The van der Waals surface area contributed by atoms with E-state index in [-0.39, 0.29) is 30.5 Å². The average Bonchev–Trinajstić information content (AvgIpc) is 2.62. The first-order valence-corrected chi connectivity index (χ1v) is 9.86. The van der Waals surface area contributed by atoms with Crippen molar-refractivity contribution >= 4 is 27.5 Å². The number of nitrogens with one attached hydrogen (secondary N) is 2. The van der Waals surface area contributed by atoms with Gasteiger partial charge >= 0.3 is 0 Å². The van der Waals surface area contributed by atoms with E-state index in [9.17, 15) is 13.2 Å². The van der Waals surface area contributed by atoms with E-state index >= 15 is 0 Å². The van der Waals surface area contributed by atoms with Crippen LogP contribution in [0.15, 0.2) is 47.4 Å². The van der Waals surface area contributed by atoms with Crippen molar-refractivity contribution in [2.24, 2.45) is 0 Å². The van der Waals surface area contributed by atoms with Crippen molar-refractivity contribution < 1.29 is 17.9 Å². The Morgan fingerprint density at radius 1 is 1.08 bits per heavy atom. The molecule has 0 saturated carbocycles. The molecule has 6 nitrogen and oxygen atoms in total. The van der Waals surface area contributed by atoms with E-state index in [0.717, 1.165) is 11.1 Å². The molecule has 0 aliphatic rings. The molecule has 2 aromatic rings. The number of hydrogen-bond donors (Lipinski definition) is 2. The Bertz CT molecular complexity index is 847. The number of amides is 1. The summed E-state index contributed by atoms with van der Waals surface area (Å²) in [5.41, 5.74) is 1.75. The van der Waals surface area contributed by atoms with Crippen LogP contribution >= 0.6 is 11.6 Å². The van der Waals surface area contributed by atoms with Gasteiger partial charge < -0.3 is 10.1 Å². The van der Waals surface area contributed by atoms with Crippen LogP contribution in [0.25, 0.3) is 0 Å². The fraction of sp³-hybridized carbons (Fsp3) is 0.278. The van der Waals surface area contributed by atoms with Gasteiger partial charge in [-0.05, 0) is 49.2 Å². The molecular formula is C18H21ClN2O4S. The van der Waals surface area contributed by atoms with Crippen molar-refractivity contribution in [1.82, 2.24) is 10.0 Å². The lowest BCUT2D eigenvalue weighted by molar-refractivity contribution is -0.123. The van der Waals surface area contributed by atoms with Crippen LogP contribution in [0.1, 0.15) is 11.1 Å². The maximum Gasteiger partial charge on any atom is 0.257 e. The molecule has 0 aromatic heterocycles. The van der Waals surface area contributed by atoms with Crippen molar-refractivity contribution in [3.05, 3.63) is 58.6 Å². The molecule has 0 radical (unpaired) electrons. The van der Waals surface area contributed by atoms with Gasteiger partial charge in [0.1, 0.15) is 5.75 Å². The number of benzene rings is 2. The predicted molar refractivity (Wildman–Crippen MR) is 101 cm³/mol. The molecule has 2 aromatic carbocycles. The molecule has 2 rings (SSSR count). The highest BCUT2D eigenvalue weighted by Crippen LogP contribution is 2.25. The van der Waals surface area contributed by atoms with E-state index < -0.39 is 10.0 Å². The molecule has 0 atom stereocenters. The van der Waals surface area contributed by atoms with E-state index in [1.807, 2.05) is 13.8 Å². The lowest BCUT2D eigenvalue weighted by Crippen LogP contribution is -2.36. The number of hydrogen-bond acceptors (Lipinski definition) is 4. The number of sulfonamides is 1. The van der Waals surface area contributed by atoms with E-state index in [0.29, 0.717) is 10.8 Å². The molecule has 0 unspecified atom stereocenters. The van der Waals surface area contributed by atoms with E-state index in [2.05, 4.69) is 10.0 Å². The summed E-state index contributed by atoms with van der Waals surface area (Å²) >= 11 is 6.09. The van der Waals surface area contributed by atoms with Gasteiger partial charge in [-0.3, -0.25) is 4.79 Å². The van der Waals surface area contributed by atoms with E-state index in [4.69, 9.17) is 16.3 Å². The summed E-state index contributed by atoms with van der Waals surface area (Å²) in [5, 5.41) is 3.27. The maximum atomic E-state index is 12.0. The van der Waals surface area contributed by atoms with E-state index in [1.54, 1.807) is 30.3 Å². The minimum absolute atomic E-state index is 0.0854. The molecule has 140 valence electrons. The zero-order valence-corrected chi connectivity index (χ0v) is 16.2. The largest absolute Gasteiger partial charge is 0.484 e. The van der Waals surface area contributed by atoms with Crippen molar-refractivity contribution in [3.63, 3.8) is 0 Å². The standard InChI is InChI=1S/C18H21ClN2O4S/c1-13-10-15(11-14(2)18(13)19)25-12-17(22)20-8-9-21-26(23,24)16-6-4-3-5-7-16/h3-7,10-11,21H,8-9,12H2,1-2H3,(H,20,22). The quantitative estimate of drug-likeness (QED) is 0.671. The SMILES string of the molecule is Cc1cc(OCC(=O)NCCNS(=O)(=O)c2ccccc2)cc(C)c1Cl. The van der Waals surface area contributed by atoms with Crippen LogP contribution in [0.3, 0.4) is 0 Å². The van der Waals surface area contributed by atoms with Crippen LogP contribution < -0.4 is 14.8 Å². The lowest BCUT2D eigenvalue weighted by atomic mass is 10.1. The highest BCUT2D eigenvalue weighted by atomic mass is 35.5. The first-order chi connectivity index (χ1) is 12.3. The predicted octanol–water partition coefficient (Wildman–Crippen LogP) is 2.43. The Labute approximate surface area is 158 Å². The maximum absolute atomic E-state index is 12.0. The molecule has 0 fully saturated rings. The van der Waals surface area contributed by atoms with Crippen LogP contribution in [0.4, 0.5) is 0 Å². The summed E-state index contributed by atoms with van der Waals surface area (Å²) in [4.78, 5) is 12.0. The molecule has 0 spiro atoms. The molecule has 1 amide bonds. The number of carbonyl (C=O) groups excluding carboxylic acids is 1. The molecule has 0 heterocycles. The summed E-state index contributed by atoms with van der Waals surface area (Å²) in [5.74, 6) is 0.221. The zero-order valence-electron chi connectivity index (χ0n) is 14.6. The monoisotopic (exact) mass is 396 g/mol. The highest BCUT2D eigenvalue weighted by Gasteiger charge is 2.12. The van der Waals surface area contributed by atoms with Gasteiger partial charge in [-0.2, -0.15) is 0 Å². The van der Waals surface area contributed by atoms with Crippen LogP contribution in [0.5, 0.6) is 5.75 Å². The van der Waals surface area contributed by atoms with Gasteiger partial charge in [0.2, 0.25) is 10.0 Å². The van der Waals surface area contributed by atoms with Crippen LogP contribution in [0.2, 0.25) is 5.02 Å². The number of ether oxygens (including phenoxy) is 1. The molecule has 8 heteroatoms. The van der Waals surface area contributed by atoms with Gasteiger partial charge in [0.05, 0.1) is 4.90 Å². The van der Waals surface area contributed by atoms with Gasteiger partial charge in [-0.15, -0.1) is 0 Å². The van der Waals surface area contributed by atoms with E-state index in [1.165, 1.54) is 12.1 Å². The molecule has 26 heavy (non-hydrogen) atoms. The topological polar surface area (TPSA) is 84.5 Å². The second-order valence-electron chi connectivity index (χ2n) is 5.72. The molecular weight excluding hydrogens is 376 g/mol. The molecule has 0 bridgehead atoms. The summed E-state index contributed by atoms with van der Waals surface area (Å²) in [6, 6.07) is 11.6. The van der Waals surface area contributed by atoms with Crippen molar-refractivity contribution in [2.75, 3.05) is 19.7 Å². The third kappa shape index (κ3) is 5.72. The number of carbonyl (C=O) groups is 1.